The van der Waals surface area contributed by atoms with Crippen molar-refractivity contribution in [2.45, 2.75) is 59.0 Å². The second-order valence-corrected chi connectivity index (χ2v) is 19.7. The van der Waals surface area contributed by atoms with Crippen LogP contribution < -0.4 is 20.1 Å². The predicted molar refractivity (Wildman–Crippen MR) is 137 cm³/mol. The first-order valence-corrected chi connectivity index (χ1v) is 17.7. The zero-order valence-electron chi connectivity index (χ0n) is 19.6. The van der Waals surface area contributed by atoms with Crippen LogP contribution in [0.15, 0.2) is 36.4 Å². The summed E-state index contributed by atoms with van der Waals surface area (Å²) in [6.07, 6.45) is 10.1. The summed E-state index contributed by atoms with van der Waals surface area (Å²) in [4.78, 5) is 0. The highest BCUT2D eigenvalue weighted by Gasteiger charge is 2.30. The molecule has 0 heterocycles. The summed E-state index contributed by atoms with van der Waals surface area (Å²) in [6, 6.07) is 7.79. The second-order valence-electron chi connectivity index (χ2n) is 10.3. The van der Waals surface area contributed by atoms with Crippen LogP contribution in [0.2, 0.25) is 38.8 Å². The van der Waals surface area contributed by atoms with Gasteiger partial charge in [0.25, 0.3) is 0 Å². The van der Waals surface area contributed by atoms with E-state index in [1.165, 1.54) is 49.2 Å². The molecule has 30 heavy (non-hydrogen) atoms. The van der Waals surface area contributed by atoms with Crippen molar-refractivity contribution in [2.24, 2.45) is 0 Å². The van der Waals surface area contributed by atoms with E-state index in [1.807, 2.05) is 0 Å². The van der Waals surface area contributed by atoms with Gasteiger partial charge in [-0.1, -0.05) is 63.0 Å². The number of hydrogen-bond acceptors (Lipinski definition) is 1. The van der Waals surface area contributed by atoms with Crippen molar-refractivity contribution in [3.05, 3.63) is 74.0 Å². The maximum Gasteiger partial charge on any atom is 0.242 e. The van der Waals surface area contributed by atoms with Crippen molar-refractivity contribution >= 4 is 39.8 Å². The van der Waals surface area contributed by atoms with Gasteiger partial charge >= 0.3 is 0 Å². The molecule has 0 saturated carbocycles. The first kappa shape index (κ1) is 21.1. The van der Waals surface area contributed by atoms with Crippen LogP contribution in [-0.2, 0) is 0 Å². The SMILES string of the molecule is C=c1c(C)c([Si](C)(C)CC)c2c(c1C1=CC=CC1)C=c1cccc(O[Si](C)(C)C)c1=2. The second kappa shape index (κ2) is 7.24. The van der Waals surface area contributed by atoms with E-state index < -0.39 is 16.4 Å². The summed E-state index contributed by atoms with van der Waals surface area (Å²) >= 11 is 0. The average Bonchev–Trinajstić information content (AvgIpc) is 3.30. The van der Waals surface area contributed by atoms with E-state index in [2.05, 4.69) is 95.7 Å². The molecule has 0 unspecified atom stereocenters. The van der Waals surface area contributed by atoms with Crippen molar-refractivity contribution in [3.8, 4) is 5.75 Å². The molecule has 0 aromatic heterocycles. The van der Waals surface area contributed by atoms with Gasteiger partial charge in [-0.25, -0.2) is 0 Å². The number of benzene rings is 2. The standard InChI is InChI=1S/C27H34OSi2/c1-9-30(7,8)27-19(3)18(2)24(20-13-10-11-14-20)22-17-21-15-12-16-23(25(21)26(22)27)28-29(4,5)6/h10-13,15-17H,2,9,14H2,1,3-8H3. The lowest BCUT2D eigenvalue weighted by Gasteiger charge is -2.27. The first-order valence-electron chi connectivity index (χ1n) is 11.1. The Morgan fingerprint density at radius 3 is 2.40 bits per heavy atom. The first-order chi connectivity index (χ1) is 14.0. The molecule has 0 aliphatic heterocycles. The lowest BCUT2D eigenvalue weighted by Crippen LogP contribution is -2.46. The third kappa shape index (κ3) is 3.38. The Hall–Kier alpha value is -2.11. The van der Waals surface area contributed by atoms with Gasteiger partial charge in [0.05, 0.1) is 8.07 Å². The van der Waals surface area contributed by atoms with Gasteiger partial charge in [0, 0.05) is 5.22 Å². The van der Waals surface area contributed by atoms with Crippen molar-refractivity contribution in [3.63, 3.8) is 0 Å². The lowest BCUT2D eigenvalue weighted by atomic mass is 9.93. The molecule has 2 aromatic carbocycles. The Bertz CT molecular complexity index is 1300. The molecule has 0 atom stereocenters. The Morgan fingerprint density at radius 2 is 1.80 bits per heavy atom. The number of allylic oxidation sites excluding steroid dienone is 4. The van der Waals surface area contributed by atoms with Gasteiger partial charge < -0.3 is 4.43 Å². The van der Waals surface area contributed by atoms with E-state index in [0.717, 1.165) is 12.2 Å². The molecule has 4 rings (SSSR count). The van der Waals surface area contributed by atoms with Crippen LogP contribution in [0.25, 0.3) is 18.2 Å². The highest BCUT2D eigenvalue weighted by Crippen LogP contribution is 2.30. The normalized spacial score (nSPS) is 15.0. The van der Waals surface area contributed by atoms with Crippen LogP contribution in [0.4, 0.5) is 0 Å². The van der Waals surface area contributed by atoms with Crippen molar-refractivity contribution in [2.75, 3.05) is 0 Å². The maximum atomic E-state index is 6.63. The highest BCUT2D eigenvalue weighted by molar-refractivity contribution is 6.90. The van der Waals surface area contributed by atoms with Crippen LogP contribution >= 0.6 is 0 Å². The molecule has 0 radical (unpaired) electrons. The summed E-state index contributed by atoms with van der Waals surface area (Å²) in [7, 11) is -3.37. The van der Waals surface area contributed by atoms with Crippen LogP contribution in [0, 0.1) is 17.4 Å². The van der Waals surface area contributed by atoms with Gasteiger partial charge in [-0.3, -0.25) is 0 Å². The summed E-state index contributed by atoms with van der Waals surface area (Å²) < 4.78 is 6.63. The summed E-state index contributed by atoms with van der Waals surface area (Å²) in [5.41, 5.74) is 5.48. The molecule has 0 bridgehead atoms. The Kier molecular flexibility index (Phi) is 5.10. The highest BCUT2D eigenvalue weighted by atomic mass is 28.4. The number of hydrogen-bond donors (Lipinski definition) is 0. The lowest BCUT2D eigenvalue weighted by molar-refractivity contribution is 0.553. The topological polar surface area (TPSA) is 9.23 Å². The minimum atomic E-state index is -1.73. The van der Waals surface area contributed by atoms with Gasteiger partial charge in [0.1, 0.15) is 5.75 Å². The fourth-order valence-electron chi connectivity index (χ4n) is 4.88. The monoisotopic (exact) mass is 430 g/mol. The average molecular weight is 431 g/mol. The molecule has 0 fully saturated rings. The zero-order chi connectivity index (χ0) is 21.8. The molecule has 2 aliphatic carbocycles. The fraction of sp³-hybridized carbons (Fsp3) is 0.333. The molecule has 2 aromatic rings. The molecular formula is C27H34OSi2. The fourth-order valence-corrected chi connectivity index (χ4v) is 8.17. The minimum Gasteiger partial charge on any atom is -0.544 e. The molecule has 156 valence electrons. The summed E-state index contributed by atoms with van der Waals surface area (Å²) in [6.45, 7) is 21.1. The maximum absolute atomic E-state index is 6.63. The van der Waals surface area contributed by atoms with E-state index in [-0.39, 0.29) is 0 Å². The number of rotatable bonds is 5. The summed E-state index contributed by atoms with van der Waals surface area (Å²) in [5, 5.41) is 6.83. The molecule has 0 spiro atoms. The quantitative estimate of drug-likeness (QED) is 0.497. The van der Waals surface area contributed by atoms with E-state index in [0.29, 0.717) is 0 Å². The molecule has 3 heteroatoms. The van der Waals surface area contributed by atoms with E-state index >= 15 is 0 Å². The van der Waals surface area contributed by atoms with Crippen molar-refractivity contribution in [1.29, 1.82) is 0 Å². The molecule has 2 aliphatic rings. The van der Waals surface area contributed by atoms with Crippen molar-refractivity contribution in [1.82, 2.24) is 0 Å². The molecule has 0 N–H and O–H groups in total. The molecule has 1 nitrogen and oxygen atoms in total. The third-order valence-corrected chi connectivity index (χ3v) is 11.2. The number of fused-ring (bicyclic) bond motifs is 2. The molecule has 0 saturated heterocycles. The van der Waals surface area contributed by atoms with E-state index in [9.17, 15) is 0 Å². The predicted octanol–water partition coefficient (Wildman–Crippen LogP) is 5.33. The van der Waals surface area contributed by atoms with Crippen molar-refractivity contribution < 1.29 is 4.43 Å². The zero-order valence-corrected chi connectivity index (χ0v) is 21.6. The van der Waals surface area contributed by atoms with Crippen LogP contribution in [0.5, 0.6) is 5.75 Å². The Labute approximate surface area is 183 Å². The molecule has 0 amide bonds. The van der Waals surface area contributed by atoms with Gasteiger partial charge in [0.15, 0.2) is 0 Å². The Morgan fingerprint density at radius 1 is 1.07 bits per heavy atom. The van der Waals surface area contributed by atoms with E-state index in [1.54, 1.807) is 5.19 Å². The molecular weight excluding hydrogens is 396 g/mol. The minimum absolute atomic E-state index is 0.991. The smallest absolute Gasteiger partial charge is 0.242 e. The van der Waals surface area contributed by atoms with Crippen LogP contribution in [-0.4, -0.2) is 16.4 Å². The third-order valence-electron chi connectivity index (χ3n) is 6.60. The van der Waals surface area contributed by atoms with Gasteiger partial charge in [-0.15, -0.1) is 0 Å². The van der Waals surface area contributed by atoms with Crippen LogP contribution in [0.1, 0.15) is 30.0 Å². The summed E-state index contributed by atoms with van der Waals surface area (Å²) in [5.74, 6) is 1.06. The van der Waals surface area contributed by atoms with Crippen LogP contribution in [0.3, 0.4) is 0 Å². The van der Waals surface area contributed by atoms with E-state index in [4.69, 9.17) is 4.43 Å². The largest absolute Gasteiger partial charge is 0.544 e. The van der Waals surface area contributed by atoms with Gasteiger partial charge in [-0.05, 0) is 88.2 Å². The van der Waals surface area contributed by atoms with Gasteiger partial charge in [-0.2, -0.15) is 0 Å². The van der Waals surface area contributed by atoms with Gasteiger partial charge in [0.2, 0.25) is 8.32 Å². The Balaban J connectivity index is 2.26.